The van der Waals surface area contributed by atoms with Gasteiger partial charge in [0.05, 0.1) is 51.8 Å². The number of unbranched alkanes of at least 4 members (excludes halogenated alkanes) is 2. The van der Waals surface area contributed by atoms with E-state index < -0.39 is 273 Å². The molecule has 5 rings (SSSR count). The average Bonchev–Trinajstić information content (AvgIpc) is 1.71. The van der Waals surface area contributed by atoms with Crippen LogP contribution < -0.4 is 85.9 Å². The van der Waals surface area contributed by atoms with E-state index in [1.165, 1.54) is 51.1 Å². The number of amides is 15. The summed E-state index contributed by atoms with van der Waals surface area (Å²) < 4.78 is 11.0. The maximum atomic E-state index is 15.0. The number of H-pyrrole nitrogens is 1. The summed E-state index contributed by atoms with van der Waals surface area (Å²) in [6, 6.07) is -3.89. The Labute approximate surface area is 726 Å². The van der Waals surface area contributed by atoms with Gasteiger partial charge < -0.3 is 126 Å². The van der Waals surface area contributed by atoms with Gasteiger partial charge in [-0.15, -0.1) is 0 Å². The molecule has 690 valence electrons. The predicted molar refractivity (Wildman–Crippen MR) is 446 cm³/mol. The number of fused-ring (bicyclic) bond motifs is 1. The zero-order valence-corrected chi connectivity index (χ0v) is 70.9. The van der Waals surface area contributed by atoms with Crippen molar-refractivity contribution in [2.45, 2.75) is 217 Å². The molecule has 0 aliphatic carbocycles. The number of benzene rings is 3. The molecule has 127 heavy (non-hydrogen) atoms. The van der Waals surface area contributed by atoms with Gasteiger partial charge in [0.2, 0.25) is 82.7 Å². The number of anilines is 1. The molecule has 45 heteroatoms. The lowest BCUT2D eigenvalue weighted by Gasteiger charge is -2.30. The van der Waals surface area contributed by atoms with Crippen LogP contribution >= 0.6 is 0 Å². The summed E-state index contributed by atoms with van der Waals surface area (Å²) in [5.74, 6) is -30.7. The number of ether oxygens (including phenoxy) is 2. The van der Waals surface area contributed by atoms with Crippen LogP contribution in [0, 0.1) is 5.92 Å². The molecule has 4 aromatic rings. The van der Waals surface area contributed by atoms with Crippen molar-refractivity contribution in [3.63, 3.8) is 0 Å². The molecular weight excluding hydrogens is 1670 g/mol. The second kappa shape index (κ2) is 49.8. The molecule has 45 nitrogen and oxygen atoms in total. The molecule has 1 saturated heterocycles. The van der Waals surface area contributed by atoms with Gasteiger partial charge in [-0.25, -0.2) is 9.59 Å². The number of alkyl carbamates (subject to hydrolysis) is 1. The molecule has 1 unspecified atom stereocenters. The van der Waals surface area contributed by atoms with E-state index in [4.69, 9.17) is 20.9 Å². The van der Waals surface area contributed by atoms with Gasteiger partial charge in [-0.1, -0.05) is 81.3 Å². The minimum absolute atomic E-state index is 0.211. The summed E-state index contributed by atoms with van der Waals surface area (Å²) in [6.07, 6.45) is -4.92. The van der Waals surface area contributed by atoms with Crippen molar-refractivity contribution < 1.29 is 136 Å². The van der Waals surface area contributed by atoms with Crippen LogP contribution in [0.3, 0.4) is 0 Å². The van der Waals surface area contributed by atoms with E-state index >= 15 is 0 Å². The van der Waals surface area contributed by atoms with Crippen LogP contribution in [0.5, 0.6) is 0 Å². The van der Waals surface area contributed by atoms with E-state index in [0.29, 0.717) is 27.6 Å². The molecular formula is C82H109N17O28. The van der Waals surface area contributed by atoms with E-state index in [1.807, 2.05) is 40.2 Å². The number of nitrogen functional groups attached to an aromatic ring is 1. The summed E-state index contributed by atoms with van der Waals surface area (Å²) in [4.78, 5) is 292. The number of nitrogens with two attached hydrogens (primary N) is 2. The van der Waals surface area contributed by atoms with E-state index in [2.05, 4.69) is 70.4 Å². The molecule has 3 aromatic carbocycles. The minimum Gasteiger partial charge on any atom is -0.481 e. The third-order valence-corrected chi connectivity index (χ3v) is 19.3. The minimum atomic E-state index is -2.51. The molecule has 1 aliphatic heterocycles. The highest BCUT2D eigenvalue weighted by Gasteiger charge is 2.41. The van der Waals surface area contributed by atoms with Gasteiger partial charge in [-0.05, 0) is 114 Å². The maximum Gasteiger partial charge on any atom is 0.407 e. The zero-order valence-electron chi connectivity index (χ0n) is 70.9. The Morgan fingerprint density at radius 3 is 1.75 bits per heavy atom. The fraction of sp³-hybridized carbons (Fsp3) is 0.476. The third-order valence-electron chi connectivity index (χ3n) is 19.3. The lowest BCUT2D eigenvalue weighted by atomic mass is 9.96. The summed E-state index contributed by atoms with van der Waals surface area (Å²) in [5.41, 5.74) is 13.5. The lowest BCUT2D eigenvalue weighted by Crippen LogP contribution is -2.62. The monoisotopic (exact) mass is 1780 g/mol. The van der Waals surface area contributed by atoms with Crippen LogP contribution in [-0.4, -0.2) is 259 Å². The summed E-state index contributed by atoms with van der Waals surface area (Å²) in [5, 5.41) is 81.4. The van der Waals surface area contributed by atoms with Gasteiger partial charge in [0.25, 0.3) is 0 Å². The van der Waals surface area contributed by atoms with Gasteiger partial charge >= 0.3 is 35.9 Å². The molecule has 0 bridgehead atoms. The molecule has 13 atom stereocenters. The Morgan fingerprint density at radius 1 is 0.591 bits per heavy atom. The highest BCUT2D eigenvalue weighted by Crippen LogP contribution is 2.23. The van der Waals surface area contributed by atoms with Crippen LogP contribution in [0.1, 0.15) is 153 Å². The van der Waals surface area contributed by atoms with Crippen LogP contribution in [0.4, 0.5) is 10.5 Å². The standard InChI is InChI=1S/C82H109N17O28/c1-9-10-11-17-44-23-25-45(26-24-44)40(2)28-61(103)91-52(30-46-36-86-50-21-15-13-18-47(46)50)74(118)94-53(32-60(84)102)75(119)96-56(35-67(112)113)76(120)99-69-43(5)126-80(124)57(31-59(101)48-19-12-14-20-49(48)83)97-79(123)68(41(3)29-64(106)107)98-77(121)58(39-100)92-63(105)37-87-71(115)54(33-65(108)109)93-70(114)42(4)89-73(117)55(34-66(110)111)95-72(116)51(90-62(104)38-88-78(69)122)22-16-27-85-81(125)127-82(6,7)8/h12-15,18-21,23-26,28,36,41-43,51-58,68-69,86,100H,9-11,16-17,22,27,29-35,37-39,83H2,1-8H3,(H2,84,102)(H,85,125)(H,87,115)(H,88,122)(H,89,117)(H,90,104)(H,91,103)(H,92,105)(H,93,114)(H,94,118)(H,95,116)(H,96,119)(H,97,123)(H,98,121)(H,99,120)(H,106,107)(H,108,109)(H,110,111)(H,112,113)/b40-28+/t41-,42-,43-,51+,52+,53-,54+,55+,56+,57+,58-,68?,69+/m1/s1. The smallest absolute Gasteiger partial charge is 0.407 e. The maximum absolute atomic E-state index is 15.0. The number of esters is 1. The number of aliphatic carboxylic acids is 4. The number of carboxylic acid groups (broad SMARTS) is 4. The summed E-state index contributed by atoms with van der Waals surface area (Å²) >= 11 is 0. The second-order valence-electron chi connectivity index (χ2n) is 30.9. The highest BCUT2D eigenvalue weighted by molar-refractivity contribution is 6.06. The fourth-order valence-electron chi connectivity index (χ4n) is 12.7. The van der Waals surface area contributed by atoms with Crippen molar-refractivity contribution in [2.24, 2.45) is 11.7 Å². The SMILES string of the molecule is CCCCCc1ccc(/C(C)=C/C(=O)N[C@@H](Cc2c[nH]c3ccccc23)C(=O)N[C@H](CC(N)=O)C(=O)N[C@@H](CC(=O)O)C(=O)N[C@@H]2C(=O)NCC(=O)N[C@@H](CCCNC(=O)OC(C)(C)C)C(=O)N[C@@H](CC(=O)O)C(=O)N[C@H](C)C(=O)N[C@@H](CC(=O)O)C(=O)NCC(=O)N[C@H](CO)C(=O)NC([C@H](C)CC(=O)O)C(=O)N[C@@H](CC(=O)c3ccccc3N)C(=O)O[C@@H]2C)cc1. The Hall–Kier alpha value is -14.4. The largest absolute Gasteiger partial charge is 0.481 e. The molecule has 1 fully saturated rings. The number of nitrogens with one attached hydrogen (secondary N) is 15. The van der Waals surface area contributed by atoms with E-state index in [-0.39, 0.29) is 30.6 Å². The predicted octanol–water partition coefficient (Wildman–Crippen LogP) is -3.36. The Morgan fingerprint density at radius 2 is 1.15 bits per heavy atom. The number of aliphatic hydroxyl groups is 1. The molecule has 2 heterocycles. The number of ketones is 1. The number of Topliss-reactive ketones (excluding diaryl/α,β-unsaturated/α-hetero) is 1. The van der Waals surface area contributed by atoms with Crippen LogP contribution in [-0.2, 0) is 113 Å². The van der Waals surface area contributed by atoms with Gasteiger partial charge in [-0.3, -0.25) is 91.1 Å². The Bertz CT molecular complexity index is 4760. The number of carbonyl (C=O) groups excluding carboxylic acids is 17. The molecule has 15 amide bonds. The van der Waals surface area contributed by atoms with Crippen molar-refractivity contribution in [3.8, 4) is 0 Å². The first-order valence-corrected chi connectivity index (χ1v) is 40.3. The van der Waals surface area contributed by atoms with Gasteiger partial charge in [0.15, 0.2) is 5.78 Å². The van der Waals surface area contributed by atoms with Crippen molar-refractivity contribution in [2.75, 3.05) is 32.0 Å². The molecule has 0 saturated carbocycles. The first kappa shape index (κ1) is 103. The average molecular weight is 1780 g/mol. The number of carboxylic acids is 4. The van der Waals surface area contributed by atoms with E-state index in [1.54, 1.807) is 37.4 Å². The molecule has 1 aliphatic rings. The van der Waals surface area contributed by atoms with E-state index in [0.717, 1.165) is 52.0 Å². The number of hydrogen-bond donors (Lipinski definition) is 22. The summed E-state index contributed by atoms with van der Waals surface area (Å²) in [7, 11) is 0. The molecule has 1 aromatic heterocycles. The normalized spacial score (nSPS) is 20.5. The number of para-hydroxylation sites is 2. The molecule has 24 N–H and O–H groups in total. The molecule has 0 radical (unpaired) electrons. The second-order valence-corrected chi connectivity index (χ2v) is 30.9. The fourth-order valence-corrected chi connectivity index (χ4v) is 12.7. The van der Waals surface area contributed by atoms with Gasteiger partial charge in [-0.2, -0.15) is 0 Å². The Kier molecular flexibility index (Phi) is 40.4. The first-order chi connectivity index (χ1) is 59.8. The van der Waals surface area contributed by atoms with Crippen molar-refractivity contribution >= 4 is 147 Å². The number of aliphatic hydroxyl groups excluding tert-OH is 1. The van der Waals surface area contributed by atoms with Crippen LogP contribution in [0.15, 0.2) is 85.1 Å². The van der Waals surface area contributed by atoms with Crippen molar-refractivity contribution in [1.82, 2.24) is 79.4 Å². The number of allylic oxidation sites excluding steroid dienone is 1. The number of aromatic amines is 1. The van der Waals surface area contributed by atoms with Crippen LogP contribution in [0.2, 0.25) is 0 Å². The number of rotatable bonds is 34. The third kappa shape index (κ3) is 35.0. The number of aryl methyl sites for hydroxylation is 1. The topological polar surface area (TPSA) is 714 Å². The number of carbonyl (C=O) groups is 21. The van der Waals surface area contributed by atoms with Crippen LogP contribution in [0.25, 0.3) is 16.5 Å². The summed E-state index contributed by atoms with van der Waals surface area (Å²) in [6.45, 7) is 7.07. The zero-order chi connectivity index (χ0) is 94.7. The first-order valence-electron chi connectivity index (χ1n) is 40.3. The van der Waals surface area contributed by atoms with Gasteiger partial charge in [0, 0.05) is 53.8 Å². The number of primary amides is 1. The van der Waals surface area contributed by atoms with Gasteiger partial charge in [0.1, 0.15) is 78.2 Å². The van der Waals surface area contributed by atoms with Crippen molar-refractivity contribution in [3.05, 3.63) is 107 Å². The number of aromatic nitrogens is 1. The molecule has 0 spiro atoms. The van der Waals surface area contributed by atoms with E-state index in [9.17, 15) is 126 Å². The number of hydrogen-bond acceptors (Lipinski definition) is 25. The lowest BCUT2D eigenvalue weighted by molar-refractivity contribution is -0.156. The highest BCUT2D eigenvalue weighted by atomic mass is 16.6. The van der Waals surface area contributed by atoms with Crippen molar-refractivity contribution in [1.29, 1.82) is 0 Å². The number of cyclic esters (lactones) is 1. The Balaban J connectivity index is 1.64. The quantitative estimate of drug-likeness (QED) is 0.00714.